The van der Waals surface area contributed by atoms with Gasteiger partial charge in [0.1, 0.15) is 24.2 Å². The Morgan fingerprint density at radius 3 is 2.52 bits per heavy atom. The molecule has 0 bridgehead atoms. The summed E-state index contributed by atoms with van der Waals surface area (Å²) in [5.74, 6) is -4.34. The fourth-order valence-corrected chi connectivity index (χ4v) is 5.38. The number of nitrogens with one attached hydrogen (secondary N) is 1. The molecule has 1 saturated carbocycles. The van der Waals surface area contributed by atoms with E-state index in [0.29, 0.717) is 0 Å². The van der Waals surface area contributed by atoms with Crippen molar-refractivity contribution in [2.75, 3.05) is 13.6 Å². The Hall–Kier alpha value is -3.97. The first-order valence-electron chi connectivity index (χ1n) is 13.3. The molecule has 5 rings (SSSR count). The number of hydrogen-bond donors (Lipinski definition) is 1. The molecule has 3 aromatic rings. The standard InChI is InChI=1S/C28H28F6N4O4/c1-37(26(40)41-15-16-5-3-2-4-6-16)23(17-9-11-27(30,31)12-10-17)24-36-22-19(42-24)8-7-18(21(22)29)13-38-14-20(28(32,33)34)35-25(38)39/h2-8,17,20,23H,9-15H2,1H3,(H,35,39)/t20-,23-/m0/s1. The molecule has 226 valence electrons. The average Bonchev–Trinajstić information content (AvgIpc) is 3.54. The molecule has 42 heavy (non-hydrogen) atoms. The molecule has 3 amide bonds. The van der Waals surface area contributed by atoms with Gasteiger partial charge in [-0.3, -0.25) is 4.90 Å². The molecule has 8 nitrogen and oxygen atoms in total. The van der Waals surface area contributed by atoms with E-state index in [4.69, 9.17) is 9.15 Å². The predicted octanol–water partition coefficient (Wildman–Crippen LogP) is 6.56. The number of carbonyl (C=O) groups excluding carboxylic acids is 2. The Labute approximate surface area is 236 Å². The van der Waals surface area contributed by atoms with Crippen molar-refractivity contribution in [3.05, 3.63) is 65.3 Å². The van der Waals surface area contributed by atoms with Gasteiger partial charge in [-0.05, 0) is 30.4 Å². The Balaban J connectivity index is 1.40. The van der Waals surface area contributed by atoms with Crippen LogP contribution < -0.4 is 5.32 Å². The average molecular weight is 599 g/mol. The molecular formula is C28H28F6N4O4. The summed E-state index contributed by atoms with van der Waals surface area (Å²) >= 11 is 0. The lowest BCUT2D eigenvalue weighted by Crippen LogP contribution is -2.40. The van der Waals surface area contributed by atoms with Gasteiger partial charge < -0.3 is 19.4 Å². The lowest BCUT2D eigenvalue weighted by atomic mass is 9.81. The summed E-state index contributed by atoms with van der Waals surface area (Å²) in [7, 11) is 1.42. The molecule has 2 heterocycles. The highest BCUT2D eigenvalue weighted by Crippen LogP contribution is 2.44. The van der Waals surface area contributed by atoms with E-state index in [1.807, 2.05) is 11.4 Å². The molecule has 1 aromatic heterocycles. The third kappa shape index (κ3) is 6.26. The number of fused-ring (bicyclic) bond motifs is 1. The largest absolute Gasteiger partial charge is 0.445 e. The second-order valence-electron chi connectivity index (χ2n) is 10.7. The number of nitrogens with zero attached hydrogens (tertiary/aromatic N) is 3. The molecule has 14 heteroatoms. The molecular weight excluding hydrogens is 570 g/mol. The Morgan fingerprint density at radius 2 is 1.88 bits per heavy atom. The number of rotatable bonds is 7. The van der Waals surface area contributed by atoms with Gasteiger partial charge >= 0.3 is 18.3 Å². The van der Waals surface area contributed by atoms with Crippen LogP contribution in [-0.2, 0) is 17.9 Å². The van der Waals surface area contributed by atoms with Gasteiger partial charge in [0.05, 0.1) is 13.1 Å². The van der Waals surface area contributed by atoms with Gasteiger partial charge in [0.25, 0.3) is 0 Å². The highest BCUT2D eigenvalue weighted by molar-refractivity contribution is 5.78. The van der Waals surface area contributed by atoms with Gasteiger partial charge in [-0.15, -0.1) is 0 Å². The van der Waals surface area contributed by atoms with Gasteiger partial charge in [-0.2, -0.15) is 13.2 Å². The molecule has 2 aromatic carbocycles. The summed E-state index contributed by atoms with van der Waals surface area (Å²) in [4.78, 5) is 31.4. The maximum Gasteiger partial charge on any atom is 0.410 e. The zero-order chi connectivity index (χ0) is 30.2. The lowest BCUT2D eigenvalue weighted by molar-refractivity contribution is -0.149. The highest BCUT2D eigenvalue weighted by atomic mass is 19.4. The van der Waals surface area contributed by atoms with Gasteiger partial charge in [0.2, 0.25) is 11.8 Å². The number of carbonyl (C=O) groups is 2. The molecule has 1 N–H and O–H groups in total. The van der Waals surface area contributed by atoms with Crippen LogP contribution in [0.2, 0.25) is 0 Å². The molecule has 1 saturated heterocycles. The van der Waals surface area contributed by atoms with E-state index in [1.54, 1.807) is 24.3 Å². The van der Waals surface area contributed by atoms with E-state index >= 15 is 4.39 Å². The van der Waals surface area contributed by atoms with Crippen LogP contribution >= 0.6 is 0 Å². The maximum absolute atomic E-state index is 15.6. The van der Waals surface area contributed by atoms with E-state index in [2.05, 4.69) is 4.98 Å². The second-order valence-corrected chi connectivity index (χ2v) is 10.7. The maximum atomic E-state index is 15.6. The van der Waals surface area contributed by atoms with Crippen molar-refractivity contribution >= 4 is 23.2 Å². The summed E-state index contributed by atoms with van der Waals surface area (Å²) in [6.07, 6.45) is -6.13. The van der Waals surface area contributed by atoms with Crippen LogP contribution in [0.1, 0.15) is 48.7 Å². The molecule has 1 aliphatic carbocycles. The van der Waals surface area contributed by atoms with E-state index in [9.17, 15) is 31.5 Å². The highest BCUT2D eigenvalue weighted by Gasteiger charge is 2.47. The van der Waals surface area contributed by atoms with Gasteiger partial charge in [0.15, 0.2) is 11.4 Å². The van der Waals surface area contributed by atoms with E-state index < -0.39 is 74.0 Å². The van der Waals surface area contributed by atoms with Crippen LogP contribution in [-0.4, -0.2) is 58.6 Å². The first-order valence-corrected chi connectivity index (χ1v) is 13.3. The van der Waals surface area contributed by atoms with Crippen molar-refractivity contribution in [3.8, 4) is 0 Å². The molecule has 0 spiro atoms. The third-order valence-corrected chi connectivity index (χ3v) is 7.71. The van der Waals surface area contributed by atoms with Crippen LogP contribution in [0.5, 0.6) is 0 Å². The molecule has 1 aliphatic heterocycles. The molecule has 0 radical (unpaired) electrons. The zero-order valence-electron chi connectivity index (χ0n) is 22.5. The fraction of sp³-hybridized carbons (Fsp3) is 0.464. The molecule has 2 aliphatic rings. The second kappa shape index (κ2) is 11.4. The van der Waals surface area contributed by atoms with Crippen LogP contribution in [0.3, 0.4) is 0 Å². The van der Waals surface area contributed by atoms with Crippen molar-refractivity contribution in [2.45, 2.75) is 63.0 Å². The number of alkyl halides is 5. The number of amides is 3. The van der Waals surface area contributed by atoms with Crippen LogP contribution in [0, 0.1) is 11.7 Å². The zero-order valence-corrected chi connectivity index (χ0v) is 22.5. The minimum absolute atomic E-state index is 0.0116. The van der Waals surface area contributed by atoms with Crippen LogP contribution in [0.4, 0.5) is 35.9 Å². The summed E-state index contributed by atoms with van der Waals surface area (Å²) in [6.45, 7) is -1.17. The van der Waals surface area contributed by atoms with Crippen molar-refractivity contribution < 1.29 is 45.1 Å². The fourth-order valence-electron chi connectivity index (χ4n) is 5.38. The van der Waals surface area contributed by atoms with E-state index in [1.165, 1.54) is 24.1 Å². The van der Waals surface area contributed by atoms with Crippen molar-refractivity contribution in [3.63, 3.8) is 0 Å². The summed E-state index contributed by atoms with van der Waals surface area (Å²) in [5, 5.41) is 1.83. The van der Waals surface area contributed by atoms with Gasteiger partial charge in [0, 0.05) is 25.5 Å². The minimum Gasteiger partial charge on any atom is -0.445 e. The lowest BCUT2D eigenvalue weighted by Gasteiger charge is -2.36. The first kappa shape index (κ1) is 29.5. The molecule has 2 atom stereocenters. The summed E-state index contributed by atoms with van der Waals surface area (Å²) < 4.78 is 93.9. The Bertz CT molecular complexity index is 1440. The van der Waals surface area contributed by atoms with E-state index in [0.717, 1.165) is 10.5 Å². The topological polar surface area (TPSA) is 87.9 Å². The monoisotopic (exact) mass is 598 g/mol. The van der Waals surface area contributed by atoms with Crippen molar-refractivity contribution in [1.29, 1.82) is 0 Å². The molecule has 0 unspecified atom stereocenters. The quantitative estimate of drug-likeness (QED) is 0.312. The van der Waals surface area contributed by atoms with Crippen molar-refractivity contribution in [1.82, 2.24) is 20.1 Å². The summed E-state index contributed by atoms with van der Waals surface area (Å²) in [6, 6.07) is 7.52. The Kier molecular flexibility index (Phi) is 7.99. The van der Waals surface area contributed by atoms with Crippen LogP contribution in [0.15, 0.2) is 46.9 Å². The third-order valence-electron chi connectivity index (χ3n) is 7.71. The minimum atomic E-state index is -4.65. The number of oxazole rings is 1. The first-order chi connectivity index (χ1) is 19.8. The van der Waals surface area contributed by atoms with Crippen LogP contribution in [0.25, 0.3) is 11.1 Å². The SMILES string of the molecule is CN(C(=O)OCc1ccccc1)[C@H](c1nc2c(F)c(CN3C[C@@H](C(F)(F)F)NC3=O)ccc2o1)C1CCC(F)(F)CC1. The number of benzene rings is 2. The number of hydrogen-bond acceptors (Lipinski definition) is 5. The van der Waals surface area contributed by atoms with Gasteiger partial charge in [-0.25, -0.2) is 27.7 Å². The summed E-state index contributed by atoms with van der Waals surface area (Å²) in [5.41, 5.74) is 0.372. The number of urea groups is 1. The Morgan fingerprint density at radius 1 is 1.19 bits per heavy atom. The number of aromatic nitrogens is 1. The van der Waals surface area contributed by atoms with Crippen molar-refractivity contribution in [2.24, 2.45) is 5.92 Å². The molecule has 2 fully saturated rings. The smallest absolute Gasteiger partial charge is 0.410 e. The predicted molar refractivity (Wildman–Crippen MR) is 137 cm³/mol. The number of ether oxygens (including phenoxy) is 1. The number of halogens is 6. The van der Waals surface area contributed by atoms with Gasteiger partial charge in [-0.1, -0.05) is 36.4 Å². The normalized spacial score (nSPS) is 20.0. The van der Waals surface area contributed by atoms with E-state index in [-0.39, 0.29) is 42.0 Å².